The minimum Gasteiger partial charge on any atom is -0.316 e. The Morgan fingerprint density at radius 1 is 1.62 bits per heavy atom. The summed E-state index contributed by atoms with van der Waals surface area (Å²) in [7, 11) is 2.24. The van der Waals surface area contributed by atoms with Crippen molar-refractivity contribution in [3.8, 4) is 0 Å². The average Bonchev–Trinajstić information content (AvgIpc) is 2.87. The van der Waals surface area contributed by atoms with Gasteiger partial charge >= 0.3 is 0 Å². The van der Waals surface area contributed by atoms with Crippen LogP contribution in [-0.2, 0) is 0 Å². The Bertz CT molecular complexity index is 315. The maximum atomic E-state index is 3.47. The van der Waals surface area contributed by atoms with Crippen molar-refractivity contribution in [2.45, 2.75) is 26.3 Å². The maximum absolute atomic E-state index is 3.47. The van der Waals surface area contributed by atoms with Crippen LogP contribution >= 0.6 is 11.3 Å². The number of rotatable bonds is 4. The summed E-state index contributed by atoms with van der Waals surface area (Å²) in [5.41, 5.74) is 0.459. The third-order valence-corrected chi connectivity index (χ3v) is 4.75. The van der Waals surface area contributed by atoms with Crippen molar-refractivity contribution in [3.63, 3.8) is 0 Å². The second-order valence-corrected chi connectivity index (χ2v) is 6.32. The molecular weight excluding hydrogens is 216 g/mol. The molecule has 1 aliphatic rings. The second-order valence-electron chi connectivity index (χ2n) is 5.34. The topological polar surface area (TPSA) is 15.3 Å². The summed E-state index contributed by atoms with van der Waals surface area (Å²) >= 11 is 1.86. The minimum atomic E-state index is 0.459. The normalized spacial score (nSPS) is 27.5. The van der Waals surface area contributed by atoms with E-state index in [1.54, 1.807) is 0 Å². The van der Waals surface area contributed by atoms with Gasteiger partial charge in [-0.3, -0.25) is 4.90 Å². The van der Waals surface area contributed by atoms with Gasteiger partial charge in [0.25, 0.3) is 0 Å². The van der Waals surface area contributed by atoms with Crippen LogP contribution in [0.15, 0.2) is 17.5 Å². The molecule has 1 saturated heterocycles. The lowest BCUT2D eigenvalue weighted by molar-refractivity contribution is 0.171. The predicted molar refractivity (Wildman–Crippen MR) is 71.0 cm³/mol. The summed E-state index contributed by atoms with van der Waals surface area (Å²) in [5, 5.41) is 5.63. The summed E-state index contributed by atoms with van der Waals surface area (Å²) < 4.78 is 0. The van der Waals surface area contributed by atoms with Gasteiger partial charge in [0, 0.05) is 24.0 Å². The highest BCUT2D eigenvalue weighted by molar-refractivity contribution is 7.10. The Hall–Kier alpha value is -0.380. The molecule has 90 valence electrons. The highest BCUT2D eigenvalue weighted by atomic mass is 32.1. The second kappa shape index (κ2) is 4.86. The number of nitrogens with zero attached hydrogens (tertiary/aromatic N) is 1. The van der Waals surface area contributed by atoms with Crippen molar-refractivity contribution in [2.75, 3.05) is 26.7 Å². The molecule has 2 rings (SSSR count). The van der Waals surface area contributed by atoms with Crippen LogP contribution in [-0.4, -0.2) is 31.6 Å². The largest absolute Gasteiger partial charge is 0.316 e. The molecule has 1 aromatic rings. The van der Waals surface area contributed by atoms with Crippen LogP contribution in [0.2, 0.25) is 0 Å². The molecule has 1 aromatic heterocycles. The number of thiophene rings is 1. The summed E-state index contributed by atoms with van der Waals surface area (Å²) in [6.45, 7) is 8.22. The third kappa shape index (κ3) is 2.65. The molecule has 2 atom stereocenters. The van der Waals surface area contributed by atoms with Crippen molar-refractivity contribution in [1.29, 1.82) is 0 Å². The summed E-state index contributed by atoms with van der Waals surface area (Å²) in [4.78, 5) is 3.95. The van der Waals surface area contributed by atoms with Gasteiger partial charge in [-0.15, -0.1) is 11.3 Å². The minimum absolute atomic E-state index is 0.459. The first kappa shape index (κ1) is 12.1. The molecule has 0 aromatic carbocycles. The fourth-order valence-electron chi connectivity index (χ4n) is 2.49. The first-order valence-electron chi connectivity index (χ1n) is 6.05. The Balaban J connectivity index is 1.95. The van der Waals surface area contributed by atoms with Crippen molar-refractivity contribution in [1.82, 2.24) is 10.2 Å². The summed E-state index contributed by atoms with van der Waals surface area (Å²) in [5.74, 6) is 0. The van der Waals surface area contributed by atoms with E-state index in [2.05, 4.69) is 48.6 Å². The van der Waals surface area contributed by atoms with E-state index in [0.29, 0.717) is 11.5 Å². The first-order valence-corrected chi connectivity index (χ1v) is 6.93. The molecule has 0 spiro atoms. The third-order valence-electron chi connectivity index (χ3n) is 3.70. The smallest absolute Gasteiger partial charge is 0.0410 e. The van der Waals surface area contributed by atoms with E-state index >= 15 is 0 Å². The van der Waals surface area contributed by atoms with E-state index in [9.17, 15) is 0 Å². The predicted octanol–water partition coefficient (Wildman–Crippen LogP) is 2.74. The SMILES string of the molecule is CC(c1cccs1)N(C)CC1(C)CCNC1. The zero-order valence-electron chi connectivity index (χ0n) is 10.5. The van der Waals surface area contributed by atoms with Crippen LogP contribution in [0.5, 0.6) is 0 Å². The lowest BCUT2D eigenvalue weighted by Gasteiger charge is -2.32. The lowest BCUT2D eigenvalue weighted by atomic mass is 9.89. The molecule has 0 saturated carbocycles. The molecule has 16 heavy (non-hydrogen) atoms. The van der Waals surface area contributed by atoms with Gasteiger partial charge in [0.1, 0.15) is 0 Å². The molecular formula is C13H22N2S. The van der Waals surface area contributed by atoms with E-state index in [0.717, 1.165) is 6.54 Å². The van der Waals surface area contributed by atoms with E-state index in [4.69, 9.17) is 0 Å². The molecule has 2 unspecified atom stereocenters. The van der Waals surface area contributed by atoms with Gasteiger partial charge in [-0.05, 0) is 43.8 Å². The number of nitrogens with one attached hydrogen (secondary N) is 1. The Labute approximate surface area is 103 Å². The van der Waals surface area contributed by atoms with Gasteiger partial charge in [0.15, 0.2) is 0 Å². The fourth-order valence-corrected chi connectivity index (χ4v) is 3.34. The molecule has 1 fully saturated rings. The van der Waals surface area contributed by atoms with E-state index in [-0.39, 0.29) is 0 Å². The Kier molecular flexibility index (Phi) is 3.67. The van der Waals surface area contributed by atoms with Gasteiger partial charge in [-0.1, -0.05) is 13.0 Å². The van der Waals surface area contributed by atoms with Crippen LogP contribution in [0.3, 0.4) is 0 Å². The molecule has 1 aliphatic heterocycles. The van der Waals surface area contributed by atoms with Gasteiger partial charge in [0.05, 0.1) is 0 Å². The van der Waals surface area contributed by atoms with Crippen LogP contribution in [0.25, 0.3) is 0 Å². The maximum Gasteiger partial charge on any atom is 0.0410 e. The lowest BCUT2D eigenvalue weighted by Crippen LogP contribution is -2.36. The van der Waals surface area contributed by atoms with Crippen LogP contribution in [0, 0.1) is 5.41 Å². The molecule has 2 heterocycles. The quantitative estimate of drug-likeness (QED) is 0.867. The highest BCUT2D eigenvalue weighted by Gasteiger charge is 2.31. The van der Waals surface area contributed by atoms with Gasteiger partial charge in [0.2, 0.25) is 0 Å². The molecule has 1 N–H and O–H groups in total. The molecule has 0 aliphatic carbocycles. The van der Waals surface area contributed by atoms with Crippen molar-refractivity contribution in [2.24, 2.45) is 5.41 Å². The Morgan fingerprint density at radius 3 is 3.00 bits per heavy atom. The zero-order chi connectivity index (χ0) is 11.6. The molecule has 3 heteroatoms. The fraction of sp³-hybridized carbons (Fsp3) is 0.692. The van der Waals surface area contributed by atoms with E-state index in [1.807, 2.05) is 11.3 Å². The van der Waals surface area contributed by atoms with Crippen LogP contribution in [0.4, 0.5) is 0 Å². The number of hydrogen-bond donors (Lipinski definition) is 1. The van der Waals surface area contributed by atoms with Gasteiger partial charge in [-0.2, -0.15) is 0 Å². The molecule has 0 bridgehead atoms. The van der Waals surface area contributed by atoms with Crippen LogP contribution < -0.4 is 5.32 Å². The molecule has 0 radical (unpaired) electrons. The first-order chi connectivity index (χ1) is 7.61. The standard InChI is InChI=1S/C13H22N2S/c1-11(12-5-4-8-16-12)15(3)10-13(2)6-7-14-9-13/h4-5,8,11,14H,6-7,9-10H2,1-3H3. The zero-order valence-corrected chi connectivity index (χ0v) is 11.3. The Morgan fingerprint density at radius 2 is 2.44 bits per heavy atom. The van der Waals surface area contributed by atoms with Crippen molar-refractivity contribution < 1.29 is 0 Å². The van der Waals surface area contributed by atoms with Gasteiger partial charge in [-0.25, -0.2) is 0 Å². The summed E-state index contributed by atoms with van der Waals surface area (Å²) in [6.07, 6.45) is 1.30. The van der Waals surface area contributed by atoms with Crippen LogP contribution in [0.1, 0.15) is 31.2 Å². The van der Waals surface area contributed by atoms with Crippen molar-refractivity contribution in [3.05, 3.63) is 22.4 Å². The molecule has 2 nitrogen and oxygen atoms in total. The summed E-state index contributed by atoms with van der Waals surface area (Å²) in [6, 6.07) is 4.92. The average molecular weight is 238 g/mol. The monoisotopic (exact) mass is 238 g/mol. The van der Waals surface area contributed by atoms with E-state index < -0.39 is 0 Å². The van der Waals surface area contributed by atoms with E-state index in [1.165, 1.54) is 24.4 Å². The number of hydrogen-bond acceptors (Lipinski definition) is 3. The van der Waals surface area contributed by atoms with Crippen molar-refractivity contribution >= 4 is 11.3 Å². The van der Waals surface area contributed by atoms with Gasteiger partial charge < -0.3 is 5.32 Å². The highest BCUT2D eigenvalue weighted by Crippen LogP contribution is 2.30. The molecule has 0 amide bonds.